The minimum absolute atomic E-state index is 0.550. The number of nitrogens with one attached hydrogen (secondary N) is 1. The average molecular weight is 269 g/mol. The molecule has 0 spiro atoms. The highest BCUT2D eigenvalue weighted by Crippen LogP contribution is 2.30. The van der Waals surface area contributed by atoms with Crippen LogP contribution in [0.5, 0.6) is 0 Å². The molecule has 0 heterocycles. The van der Waals surface area contributed by atoms with Crippen molar-refractivity contribution < 1.29 is 4.74 Å². The van der Waals surface area contributed by atoms with Gasteiger partial charge in [0.1, 0.15) is 0 Å². The Bertz CT molecular complexity index is 217. The third kappa shape index (κ3) is 7.94. The molecule has 0 radical (unpaired) electrons. The van der Waals surface area contributed by atoms with Gasteiger partial charge in [-0.05, 0) is 50.5 Å². The van der Waals surface area contributed by atoms with E-state index < -0.39 is 0 Å². The minimum Gasteiger partial charge on any atom is -0.378 e. The topological polar surface area (TPSA) is 21.3 Å². The van der Waals surface area contributed by atoms with Gasteiger partial charge < -0.3 is 10.1 Å². The van der Waals surface area contributed by atoms with Gasteiger partial charge in [0.2, 0.25) is 0 Å². The molecule has 114 valence electrons. The zero-order valence-corrected chi connectivity index (χ0v) is 13.6. The van der Waals surface area contributed by atoms with E-state index in [0.717, 1.165) is 25.0 Å². The van der Waals surface area contributed by atoms with E-state index in [-0.39, 0.29) is 0 Å². The van der Waals surface area contributed by atoms with Crippen LogP contribution in [0.1, 0.15) is 72.6 Å². The highest BCUT2D eigenvalue weighted by atomic mass is 16.5. The van der Waals surface area contributed by atoms with Gasteiger partial charge in [-0.3, -0.25) is 0 Å². The summed E-state index contributed by atoms with van der Waals surface area (Å²) in [7, 11) is 0. The Morgan fingerprint density at radius 1 is 1.00 bits per heavy atom. The predicted molar refractivity (Wildman–Crippen MR) is 83.5 cm³/mol. The third-order valence-electron chi connectivity index (χ3n) is 4.53. The lowest BCUT2D eigenvalue weighted by Gasteiger charge is -2.32. The Labute approximate surface area is 120 Å². The number of rotatable bonds is 9. The molecule has 3 unspecified atom stereocenters. The van der Waals surface area contributed by atoms with Crippen molar-refractivity contribution in [2.45, 2.75) is 84.8 Å². The lowest BCUT2D eigenvalue weighted by atomic mass is 9.80. The zero-order chi connectivity index (χ0) is 14.1. The van der Waals surface area contributed by atoms with Crippen LogP contribution in [0.25, 0.3) is 0 Å². The van der Waals surface area contributed by atoms with Gasteiger partial charge >= 0.3 is 0 Å². The van der Waals surface area contributed by atoms with Gasteiger partial charge in [-0.1, -0.05) is 40.5 Å². The van der Waals surface area contributed by atoms with E-state index in [9.17, 15) is 0 Å². The molecule has 0 aliphatic heterocycles. The third-order valence-corrected chi connectivity index (χ3v) is 4.53. The van der Waals surface area contributed by atoms with E-state index in [1.165, 1.54) is 44.9 Å². The summed E-state index contributed by atoms with van der Waals surface area (Å²) in [6.07, 6.45) is 9.65. The van der Waals surface area contributed by atoms with E-state index >= 15 is 0 Å². The number of hydrogen-bond donors (Lipinski definition) is 1. The molecule has 2 heteroatoms. The molecule has 1 fully saturated rings. The van der Waals surface area contributed by atoms with Crippen molar-refractivity contribution in [3.8, 4) is 0 Å². The van der Waals surface area contributed by atoms with E-state index in [1.807, 2.05) is 0 Å². The van der Waals surface area contributed by atoms with Crippen molar-refractivity contribution in [1.29, 1.82) is 0 Å². The second-order valence-electron chi connectivity index (χ2n) is 6.78. The maximum absolute atomic E-state index is 6.03. The first-order valence-electron chi connectivity index (χ1n) is 8.44. The lowest BCUT2D eigenvalue weighted by molar-refractivity contribution is 0.00100. The van der Waals surface area contributed by atoms with Crippen molar-refractivity contribution in [1.82, 2.24) is 5.32 Å². The summed E-state index contributed by atoms with van der Waals surface area (Å²) in [6, 6.07) is 0.624. The molecular formula is C17H35NO. The Hall–Kier alpha value is -0.0800. The fourth-order valence-corrected chi connectivity index (χ4v) is 2.87. The van der Waals surface area contributed by atoms with Crippen molar-refractivity contribution in [2.75, 3.05) is 13.2 Å². The Morgan fingerprint density at radius 2 is 1.74 bits per heavy atom. The Morgan fingerprint density at radius 3 is 2.42 bits per heavy atom. The summed E-state index contributed by atoms with van der Waals surface area (Å²) in [4.78, 5) is 0. The average Bonchev–Trinajstić information content (AvgIpc) is 2.36. The number of unbranched alkanes of at least 4 members (excludes halogenated alkanes) is 3. The predicted octanol–water partition coefficient (Wildman–Crippen LogP) is 4.39. The molecule has 0 aromatic carbocycles. The van der Waals surface area contributed by atoms with Crippen LogP contribution in [0.15, 0.2) is 0 Å². The van der Waals surface area contributed by atoms with Gasteiger partial charge in [0.15, 0.2) is 0 Å². The van der Waals surface area contributed by atoms with E-state index in [0.29, 0.717) is 12.1 Å². The summed E-state index contributed by atoms with van der Waals surface area (Å²) >= 11 is 0. The maximum Gasteiger partial charge on any atom is 0.0577 e. The molecule has 0 amide bonds. The van der Waals surface area contributed by atoms with Gasteiger partial charge in [-0.25, -0.2) is 0 Å². The van der Waals surface area contributed by atoms with Crippen LogP contribution in [0.3, 0.4) is 0 Å². The molecule has 0 bridgehead atoms. The number of hydrogen-bond acceptors (Lipinski definition) is 2. The molecule has 2 nitrogen and oxygen atoms in total. The quantitative estimate of drug-likeness (QED) is 0.627. The summed E-state index contributed by atoms with van der Waals surface area (Å²) in [5.74, 6) is 1.74. The van der Waals surface area contributed by atoms with Crippen molar-refractivity contribution in [3.63, 3.8) is 0 Å². The van der Waals surface area contributed by atoms with Crippen LogP contribution in [0.2, 0.25) is 0 Å². The molecule has 0 aromatic heterocycles. The Kier molecular flexibility index (Phi) is 8.72. The van der Waals surface area contributed by atoms with Gasteiger partial charge in [0.05, 0.1) is 6.10 Å². The monoisotopic (exact) mass is 269 g/mol. The molecule has 1 rings (SSSR count). The molecule has 1 aliphatic carbocycles. The largest absolute Gasteiger partial charge is 0.378 e. The Balaban J connectivity index is 1.88. The van der Waals surface area contributed by atoms with E-state index in [2.05, 4.69) is 33.0 Å². The summed E-state index contributed by atoms with van der Waals surface area (Å²) in [6.45, 7) is 11.3. The molecule has 1 N–H and O–H groups in total. The van der Waals surface area contributed by atoms with Crippen LogP contribution >= 0.6 is 0 Å². The first-order valence-corrected chi connectivity index (χ1v) is 8.44. The number of ether oxygens (including phenoxy) is 1. The SMILES string of the molecule is CC(C)NCCCCCCOC1CCC(C)C(C)C1. The van der Waals surface area contributed by atoms with Gasteiger partial charge in [-0.15, -0.1) is 0 Å². The molecule has 19 heavy (non-hydrogen) atoms. The van der Waals surface area contributed by atoms with Gasteiger partial charge in [0, 0.05) is 12.6 Å². The van der Waals surface area contributed by atoms with Crippen LogP contribution < -0.4 is 5.32 Å². The van der Waals surface area contributed by atoms with E-state index in [1.54, 1.807) is 0 Å². The van der Waals surface area contributed by atoms with Crippen molar-refractivity contribution in [3.05, 3.63) is 0 Å². The van der Waals surface area contributed by atoms with Gasteiger partial charge in [0.25, 0.3) is 0 Å². The fraction of sp³-hybridized carbons (Fsp3) is 1.00. The van der Waals surface area contributed by atoms with Crippen LogP contribution in [0.4, 0.5) is 0 Å². The second kappa shape index (κ2) is 9.77. The molecule has 1 saturated carbocycles. The molecule has 1 aliphatic rings. The zero-order valence-electron chi connectivity index (χ0n) is 13.6. The highest BCUT2D eigenvalue weighted by molar-refractivity contribution is 4.75. The standard InChI is InChI=1S/C17H35NO/c1-14(2)18-11-7-5-6-8-12-19-17-10-9-15(3)16(4)13-17/h14-18H,5-13H2,1-4H3. The molecule has 0 aromatic rings. The normalized spacial score (nSPS) is 27.9. The van der Waals surface area contributed by atoms with Gasteiger partial charge in [-0.2, -0.15) is 0 Å². The van der Waals surface area contributed by atoms with Crippen molar-refractivity contribution in [2.24, 2.45) is 11.8 Å². The first-order chi connectivity index (χ1) is 9.09. The fourth-order valence-electron chi connectivity index (χ4n) is 2.87. The maximum atomic E-state index is 6.03. The van der Waals surface area contributed by atoms with Crippen LogP contribution in [-0.4, -0.2) is 25.3 Å². The second-order valence-corrected chi connectivity index (χ2v) is 6.78. The summed E-state index contributed by atoms with van der Waals surface area (Å²) < 4.78 is 6.03. The van der Waals surface area contributed by atoms with E-state index in [4.69, 9.17) is 4.74 Å². The highest BCUT2D eigenvalue weighted by Gasteiger charge is 2.24. The molecular weight excluding hydrogens is 234 g/mol. The summed E-state index contributed by atoms with van der Waals surface area (Å²) in [5.41, 5.74) is 0. The first kappa shape index (κ1) is 17.0. The molecule has 3 atom stereocenters. The molecule has 0 saturated heterocycles. The van der Waals surface area contributed by atoms with Crippen molar-refractivity contribution >= 4 is 0 Å². The van der Waals surface area contributed by atoms with Crippen LogP contribution in [0, 0.1) is 11.8 Å². The summed E-state index contributed by atoms with van der Waals surface area (Å²) in [5, 5.41) is 3.47. The smallest absolute Gasteiger partial charge is 0.0577 e. The van der Waals surface area contributed by atoms with Crippen LogP contribution in [-0.2, 0) is 4.74 Å². The lowest BCUT2D eigenvalue weighted by Crippen LogP contribution is -2.27. The minimum atomic E-state index is 0.550.